The van der Waals surface area contributed by atoms with Crippen LogP contribution in [-0.4, -0.2) is 26.5 Å². The average Bonchev–Trinajstić information content (AvgIpc) is 2.66. The fourth-order valence-electron chi connectivity index (χ4n) is 3.77. The molecule has 2 heterocycles. The van der Waals surface area contributed by atoms with Gasteiger partial charge in [0.1, 0.15) is 12.1 Å². The normalized spacial score (nSPS) is 26.0. The minimum absolute atomic E-state index is 0.0690. The Morgan fingerprint density at radius 3 is 2.69 bits per heavy atom. The highest BCUT2D eigenvalue weighted by Gasteiger charge is 2.34. The molecule has 0 spiro atoms. The molecular formula is C21H25N5. The number of benzene rings is 1. The number of aromatic nitrogens is 3. The zero-order valence-corrected chi connectivity index (χ0v) is 15.3. The van der Waals surface area contributed by atoms with E-state index >= 15 is 0 Å². The number of pyridine rings is 1. The summed E-state index contributed by atoms with van der Waals surface area (Å²) >= 11 is 0. The van der Waals surface area contributed by atoms with Crippen molar-refractivity contribution in [1.29, 1.82) is 0 Å². The van der Waals surface area contributed by atoms with Gasteiger partial charge in [0.2, 0.25) is 0 Å². The molecule has 3 N–H and O–H groups in total. The Morgan fingerprint density at radius 1 is 1.12 bits per heavy atom. The molecule has 0 radical (unpaired) electrons. The van der Waals surface area contributed by atoms with E-state index in [4.69, 9.17) is 5.73 Å². The zero-order valence-electron chi connectivity index (χ0n) is 15.3. The second-order valence-corrected chi connectivity index (χ2v) is 7.71. The lowest BCUT2D eigenvalue weighted by atomic mass is 9.73. The summed E-state index contributed by atoms with van der Waals surface area (Å²) in [7, 11) is 0. The lowest BCUT2D eigenvalue weighted by molar-refractivity contribution is 0.214. The van der Waals surface area contributed by atoms with Crippen LogP contribution in [0.25, 0.3) is 22.0 Å². The fraction of sp³-hybridized carbons (Fsp3) is 0.381. The number of nitrogens with one attached hydrogen (secondary N) is 1. The molecule has 1 aromatic carbocycles. The summed E-state index contributed by atoms with van der Waals surface area (Å²) in [6.07, 6.45) is 8.41. The van der Waals surface area contributed by atoms with Crippen molar-refractivity contribution in [2.75, 3.05) is 5.32 Å². The fourth-order valence-corrected chi connectivity index (χ4v) is 3.77. The van der Waals surface area contributed by atoms with Gasteiger partial charge in [-0.25, -0.2) is 9.97 Å². The summed E-state index contributed by atoms with van der Waals surface area (Å²) in [6, 6.07) is 10.7. The minimum atomic E-state index is -0.0690. The Labute approximate surface area is 154 Å². The molecule has 5 nitrogen and oxygen atoms in total. The quantitative estimate of drug-likeness (QED) is 0.748. The standard InChI is InChI=1S/C21H25N5/c1-14-11-17(5-8-21(14,2)22)26-20-18-12-16(15-6-9-23-10-7-15)3-4-19(18)24-13-25-20/h3-4,6-7,9-10,12-14,17H,5,8,11,22H2,1-2H3,(H,24,25,26). The van der Waals surface area contributed by atoms with Gasteiger partial charge in [0, 0.05) is 29.4 Å². The van der Waals surface area contributed by atoms with E-state index in [1.807, 2.05) is 24.5 Å². The molecule has 134 valence electrons. The lowest BCUT2D eigenvalue weighted by Crippen LogP contribution is -2.49. The lowest BCUT2D eigenvalue weighted by Gasteiger charge is -2.40. The largest absolute Gasteiger partial charge is 0.367 e. The second-order valence-electron chi connectivity index (χ2n) is 7.71. The molecule has 26 heavy (non-hydrogen) atoms. The number of fused-ring (bicyclic) bond motifs is 1. The van der Waals surface area contributed by atoms with Gasteiger partial charge in [-0.1, -0.05) is 13.0 Å². The molecule has 1 fully saturated rings. The van der Waals surface area contributed by atoms with Gasteiger partial charge < -0.3 is 11.1 Å². The van der Waals surface area contributed by atoms with Crippen LogP contribution in [0, 0.1) is 5.92 Å². The van der Waals surface area contributed by atoms with Crippen LogP contribution >= 0.6 is 0 Å². The maximum atomic E-state index is 6.39. The highest BCUT2D eigenvalue weighted by molar-refractivity contribution is 5.92. The Morgan fingerprint density at radius 2 is 1.92 bits per heavy atom. The molecule has 3 atom stereocenters. The number of nitrogens with two attached hydrogens (primary N) is 1. The SMILES string of the molecule is CC1CC(Nc2ncnc3ccc(-c4ccncc4)cc23)CCC1(C)N. The molecule has 3 aromatic rings. The number of nitrogens with zero attached hydrogens (tertiary/aromatic N) is 3. The van der Waals surface area contributed by atoms with Crippen molar-refractivity contribution in [2.24, 2.45) is 11.7 Å². The van der Waals surface area contributed by atoms with E-state index in [1.165, 1.54) is 0 Å². The van der Waals surface area contributed by atoms with Crippen LogP contribution in [-0.2, 0) is 0 Å². The van der Waals surface area contributed by atoms with E-state index in [2.05, 4.69) is 52.3 Å². The van der Waals surface area contributed by atoms with Crippen LogP contribution in [0.3, 0.4) is 0 Å². The maximum Gasteiger partial charge on any atom is 0.137 e. The van der Waals surface area contributed by atoms with Crippen molar-refractivity contribution in [2.45, 2.75) is 44.7 Å². The van der Waals surface area contributed by atoms with Crippen LogP contribution in [0.4, 0.5) is 5.82 Å². The molecule has 0 aliphatic heterocycles. The first-order valence-electron chi connectivity index (χ1n) is 9.23. The Hall–Kier alpha value is -2.53. The highest BCUT2D eigenvalue weighted by atomic mass is 15.0. The molecule has 0 bridgehead atoms. The van der Waals surface area contributed by atoms with E-state index in [-0.39, 0.29) is 5.54 Å². The van der Waals surface area contributed by atoms with Gasteiger partial charge in [0.25, 0.3) is 0 Å². The third kappa shape index (κ3) is 3.27. The van der Waals surface area contributed by atoms with Crippen LogP contribution < -0.4 is 11.1 Å². The Balaban J connectivity index is 1.65. The summed E-state index contributed by atoms with van der Waals surface area (Å²) < 4.78 is 0. The molecule has 4 rings (SSSR count). The van der Waals surface area contributed by atoms with Crippen molar-refractivity contribution < 1.29 is 0 Å². The highest BCUT2D eigenvalue weighted by Crippen LogP contribution is 2.34. The number of anilines is 1. The molecule has 1 aliphatic carbocycles. The van der Waals surface area contributed by atoms with Crippen molar-refractivity contribution >= 4 is 16.7 Å². The van der Waals surface area contributed by atoms with Crippen LogP contribution in [0.5, 0.6) is 0 Å². The summed E-state index contributed by atoms with van der Waals surface area (Å²) in [5.74, 6) is 1.39. The molecule has 5 heteroatoms. The molecule has 1 aliphatic rings. The molecule has 3 unspecified atom stereocenters. The minimum Gasteiger partial charge on any atom is -0.367 e. The van der Waals surface area contributed by atoms with E-state index in [1.54, 1.807) is 6.33 Å². The van der Waals surface area contributed by atoms with Gasteiger partial charge in [0.05, 0.1) is 5.52 Å². The van der Waals surface area contributed by atoms with E-state index < -0.39 is 0 Å². The van der Waals surface area contributed by atoms with Crippen LogP contribution in [0.1, 0.15) is 33.1 Å². The first-order chi connectivity index (χ1) is 12.5. The van der Waals surface area contributed by atoms with E-state index in [9.17, 15) is 0 Å². The summed E-state index contributed by atoms with van der Waals surface area (Å²) in [4.78, 5) is 13.1. The summed E-state index contributed by atoms with van der Waals surface area (Å²) in [5.41, 5.74) is 9.56. The molecule has 0 amide bonds. The Kier molecular flexibility index (Phi) is 4.32. The summed E-state index contributed by atoms with van der Waals surface area (Å²) in [5, 5.41) is 4.70. The van der Waals surface area contributed by atoms with Gasteiger partial charge >= 0.3 is 0 Å². The van der Waals surface area contributed by atoms with Gasteiger partial charge in [-0.2, -0.15) is 0 Å². The van der Waals surface area contributed by atoms with Gasteiger partial charge in [-0.3, -0.25) is 4.98 Å². The monoisotopic (exact) mass is 347 g/mol. The predicted octanol–water partition coefficient (Wildman–Crippen LogP) is 4.01. The third-order valence-corrected chi connectivity index (χ3v) is 5.79. The second kappa shape index (κ2) is 6.65. The predicted molar refractivity (Wildman–Crippen MR) is 106 cm³/mol. The molecular weight excluding hydrogens is 322 g/mol. The van der Waals surface area contributed by atoms with Crippen molar-refractivity contribution in [3.05, 3.63) is 49.1 Å². The zero-order chi connectivity index (χ0) is 18.1. The van der Waals surface area contributed by atoms with Crippen molar-refractivity contribution in [3.8, 4) is 11.1 Å². The summed E-state index contributed by atoms with van der Waals surface area (Å²) in [6.45, 7) is 4.41. The number of rotatable bonds is 3. The van der Waals surface area contributed by atoms with Crippen molar-refractivity contribution in [1.82, 2.24) is 15.0 Å². The first kappa shape index (κ1) is 16.9. The van der Waals surface area contributed by atoms with Crippen LogP contribution in [0.2, 0.25) is 0 Å². The molecule has 0 saturated heterocycles. The van der Waals surface area contributed by atoms with Gasteiger partial charge in [-0.15, -0.1) is 0 Å². The van der Waals surface area contributed by atoms with Gasteiger partial charge in [-0.05, 0) is 67.5 Å². The van der Waals surface area contributed by atoms with E-state index in [0.29, 0.717) is 12.0 Å². The average molecular weight is 347 g/mol. The third-order valence-electron chi connectivity index (χ3n) is 5.79. The smallest absolute Gasteiger partial charge is 0.137 e. The number of hydrogen-bond donors (Lipinski definition) is 2. The maximum absolute atomic E-state index is 6.39. The van der Waals surface area contributed by atoms with E-state index in [0.717, 1.165) is 47.1 Å². The topological polar surface area (TPSA) is 76.7 Å². The molecule has 2 aromatic heterocycles. The molecule has 1 saturated carbocycles. The van der Waals surface area contributed by atoms with Crippen LogP contribution in [0.15, 0.2) is 49.1 Å². The Bertz CT molecular complexity index is 907. The van der Waals surface area contributed by atoms with Crippen molar-refractivity contribution in [3.63, 3.8) is 0 Å². The number of hydrogen-bond acceptors (Lipinski definition) is 5. The van der Waals surface area contributed by atoms with Gasteiger partial charge in [0.15, 0.2) is 0 Å². The first-order valence-corrected chi connectivity index (χ1v) is 9.23.